The van der Waals surface area contributed by atoms with Crippen molar-refractivity contribution in [3.63, 3.8) is 0 Å². The smallest absolute Gasteiger partial charge is 0.266 e. The van der Waals surface area contributed by atoms with Crippen molar-refractivity contribution in [3.8, 4) is 17.2 Å². The molecule has 3 rings (SSSR count). The number of hydrogen-bond donors (Lipinski definition) is 2. The number of nitrogens with one attached hydrogen (secondary N) is 2. The summed E-state index contributed by atoms with van der Waals surface area (Å²) in [6.07, 6.45) is 3.15. The normalized spacial score (nSPS) is 10.4. The van der Waals surface area contributed by atoms with Gasteiger partial charge in [-0.3, -0.25) is 4.79 Å². The van der Waals surface area contributed by atoms with Crippen molar-refractivity contribution in [2.75, 3.05) is 0 Å². The maximum atomic E-state index is 11.6. The molecule has 5 heteroatoms. The molecule has 3 aromatic rings. The van der Waals surface area contributed by atoms with Crippen LogP contribution in [-0.4, -0.2) is 15.0 Å². The van der Waals surface area contributed by atoms with Gasteiger partial charge >= 0.3 is 0 Å². The quantitative estimate of drug-likeness (QED) is 0.675. The number of hydrogen-bond acceptors (Lipinski definition) is 3. The summed E-state index contributed by atoms with van der Waals surface area (Å²) in [4.78, 5) is 21.2. The number of nitriles is 1. The minimum absolute atomic E-state index is 0.122. The molecule has 0 spiro atoms. The van der Waals surface area contributed by atoms with E-state index in [4.69, 9.17) is 5.26 Å². The van der Waals surface area contributed by atoms with Crippen molar-refractivity contribution in [2.24, 2.45) is 0 Å². The minimum atomic E-state index is -0.375. The second-order valence-electron chi connectivity index (χ2n) is 3.84. The number of aromatic nitrogens is 3. The number of benzene rings is 1. The Kier molecular flexibility index (Phi) is 2.21. The lowest BCUT2D eigenvalue weighted by Crippen LogP contribution is -2.10. The summed E-state index contributed by atoms with van der Waals surface area (Å²) in [5.41, 5.74) is 2.90. The van der Waals surface area contributed by atoms with Crippen LogP contribution in [0.25, 0.3) is 22.2 Å². The summed E-state index contributed by atoms with van der Waals surface area (Å²) in [6, 6.07) is 9.22. The monoisotopic (exact) mass is 236 g/mol. The van der Waals surface area contributed by atoms with Gasteiger partial charge in [0, 0.05) is 11.8 Å². The van der Waals surface area contributed by atoms with Gasteiger partial charge in [0.1, 0.15) is 11.6 Å². The van der Waals surface area contributed by atoms with E-state index in [2.05, 4.69) is 15.0 Å². The Morgan fingerprint density at radius 3 is 2.94 bits per heavy atom. The second-order valence-corrected chi connectivity index (χ2v) is 3.84. The Labute approximate surface area is 102 Å². The molecule has 0 fully saturated rings. The van der Waals surface area contributed by atoms with Crippen LogP contribution in [0.4, 0.5) is 0 Å². The van der Waals surface area contributed by atoms with Crippen LogP contribution in [0.2, 0.25) is 0 Å². The summed E-state index contributed by atoms with van der Waals surface area (Å²) >= 11 is 0. The lowest BCUT2D eigenvalue weighted by atomic mass is 10.0. The first-order valence-electron chi connectivity index (χ1n) is 5.35. The molecule has 0 bridgehead atoms. The fraction of sp³-hybridized carbons (Fsp3) is 0. The van der Waals surface area contributed by atoms with Gasteiger partial charge in [0.25, 0.3) is 5.56 Å². The highest BCUT2D eigenvalue weighted by molar-refractivity contribution is 5.82. The fourth-order valence-corrected chi connectivity index (χ4v) is 1.93. The standard InChI is InChI=1S/C13H8N4O/c14-6-10-9(3-4-15-13(10)18)8-1-2-11-12(5-8)17-7-16-11/h1-5,7H,(H,15,18)(H,16,17). The van der Waals surface area contributed by atoms with Gasteiger partial charge in [0.05, 0.1) is 17.4 Å². The van der Waals surface area contributed by atoms with E-state index in [9.17, 15) is 4.79 Å². The van der Waals surface area contributed by atoms with E-state index in [1.807, 2.05) is 24.3 Å². The van der Waals surface area contributed by atoms with Crippen LogP contribution in [0.5, 0.6) is 0 Å². The van der Waals surface area contributed by atoms with Crippen molar-refractivity contribution in [3.05, 3.63) is 52.7 Å². The van der Waals surface area contributed by atoms with Crippen LogP contribution in [0, 0.1) is 11.3 Å². The number of rotatable bonds is 1. The second kappa shape index (κ2) is 3.86. The molecule has 2 aromatic heterocycles. The van der Waals surface area contributed by atoms with Crippen LogP contribution in [0.1, 0.15) is 5.56 Å². The molecule has 0 saturated carbocycles. The first-order chi connectivity index (χ1) is 8.79. The van der Waals surface area contributed by atoms with E-state index >= 15 is 0 Å². The highest BCUT2D eigenvalue weighted by Crippen LogP contribution is 2.23. The van der Waals surface area contributed by atoms with E-state index in [1.54, 1.807) is 12.4 Å². The third-order valence-corrected chi connectivity index (χ3v) is 2.80. The maximum absolute atomic E-state index is 11.6. The van der Waals surface area contributed by atoms with Gasteiger partial charge in [-0.1, -0.05) is 6.07 Å². The Hall–Kier alpha value is -2.87. The fourth-order valence-electron chi connectivity index (χ4n) is 1.93. The number of H-pyrrole nitrogens is 2. The lowest BCUT2D eigenvalue weighted by molar-refractivity contribution is 1.22. The molecule has 2 N–H and O–H groups in total. The average molecular weight is 236 g/mol. The molecule has 0 aliphatic carbocycles. The van der Waals surface area contributed by atoms with Gasteiger partial charge in [-0.15, -0.1) is 0 Å². The first-order valence-corrected chi connectivity index (χ1v) is 5.35. The molecule has 0 aliphatic heterocycles. The van der Waals surface area contributed by atoms with Crippen LogP contribution in [0.3, 0.4) is 0 Å². The average Bonchev–Trinajstić information content (AvgIpc) is 2.85. The summed E-state index contributed by atoms with van der Waals surface area (Å²) in [7, 11) is 0. The number of imidazole rings is 1. The van der Waals surface area contributed by atoms with Crippen LogP contribution < -0.4 is 5.56 Å². The molecule has 0 radical (unpaired) electrons. The third kappa shape index (κ3) is 1.48. The Bertz CT molecular complexity index is 823. The Balaban J connectivity index is 2.29. The van der Waals surface area contributed by atoms with Gasteiger partial charge in [0.2, 0.25) is 0 Å². The molecule has 0 atom stereocenters. The maximum Gasteiger partial charge on any atom is 0.266 e. The van der Waals surface area contributed by atoms with Crippen molar-refractivity contribution >= 4 is 11.0 Å². The molecule has 86 valence electrons. The molecule has 0 amide bonds. The molecular weight excluding hydrogens is 228 g/mol. The van der Waals surface area contributed by atoms with Gasteiger partial charge in [-0.05, 0) is 23.8 Å². The zero-order chi connectivity index (χ0) is 12.5. The molecule has 0 unspecified atom stereocenters. The van der Waals surface area contributed by atoms with Crippen molar-refractivity contribution in [1.29, 1.82) is 5.26 Å². The summed E-state index contributed by atoms with van der Waals surface area (Å²) in [5.74, 6) is 0. The summed E-state index contributed by atoms with van der Waals surface area (Å²) in [6.45, 7) is 0. The van der Waals surface area contributed by atoms with Gasteiger partial charge in [-0.25, -0.2) is 4.98 Å². The highest BCUT2D eigenvalue weighted by Gasteiger charge is 2.09. The highest BCUT2D eigenvalue weighted by atomic mass is 16.1. The Morgan fingerprint density at radius 1 is 1.22 bits per heavy atom. The van der Waals surface area contributed by atoms with Gasteiger partial charge in [0.15, 0.2) is 0 Å². The molecule has 2 heterocycles. The largest absolute Gasteiger partial charge is 0.345 e. The van der Waals surface area contributed by atoms with E-state index in [0.29, 0.717) is 5.56 Å². The number of pyridine rings is 1. The predicted octanol–water partition coefficient (Wildman–Crippen LogP) is 1.79. The minimum Gasteiger partial charge on any atom is -0.345 e. The van der Waals surface area contributed by atoms with E-state index in [0.717, 1.165) is 16.6 Å². The van der Waals surface area contributed by atoms with Crippen molar-refractivity contribution in [1.82, 2.24) is 15.0 Å². The van der Waals surface area contributed by atoms with Gasteiger partial charge < -0.3 is 9.97 Å². The molecule has 18 heavy (non-hydrogen) atoms. The van der Waals surface area contributed by atoms with Crippen LogP contribution in [0.15, 0.2) is 41.6 Å². The first kappa shape index (κ1) is 10.3. The van der Waals surface area contributed by atoms with E-state index in [1.165, 1.54) is 6.20 Å². The zero-order valence-electron chi connectivity index (χ0n) is 9.27. The van der Waals surface area contributed by atoms with E-state index < -0.39 is 0 Å². The third-order valence-electron chi connectivity index (χ3n) is 2.80. The number of nitrogens with zero attached hydrogens (tertiary/aromatic N) is 2. The zero-order valence-corrected chi connectivity index (χ0v) is 9.27. The van der Waals surface area contributed by atoms with E-state index in [-0.39, 0.29) is 11.1 Å². The van der Waals surface area contributed by atoms with Crippen LogP contribution in [-0.2, 0) is 0 Å². The molecular formula is C13H8N4O. The topological polar surface area (TPSA) is 85.3 Å². The SMILES string of the molecule is N#Cc1c(-c2ccc3nc[nH]c3c2)cc[nH]c1=O. The summed E-state index contributed by atoms with van der Waals surface area (Å²) in [5, 5.41) is 9.04. The van der Waals surface area contributed by atoms with Crippen molar-refractivity contribution in [2.45, 2.75) is 0 Å². The van der Waals surface area contributed by atoms with Crippen molar-refractivity contribution < 1.29 is 0 Å². The summed E-state index contributed by atoms with van der Waals surface area (Å²) < 4.78 is 0. The lowest BCUT2D eigenvalue weighted by Gasteiger charge is -2.03. The van der Waals surface area contributed by atoms with Gasteiger partial charge in [-0.2, -0.15) is 5.26 Å². The molecule has 5 nitrogen and oxygen atoms in total. The number of aromatic amines is 2. The molecule has 0 aliphatic rings. The predicted molar refractivity (Wildman–Crippen MR) is 66.9 cm³/mol. The molecule has 1 aromatic carbocycles. The molecule has 0 saturated heterocycles. The van der Waals surface area contributed by atoms with Crippen LogP contribution >= 0.6 is 0 Å². The number of fused-ring (bicyclic) bond motifs is 1. The Morgan fingerprint density at radius 2 is 2.11 bits per heavy atom.